The molecule has 0 fully saturated rings. The van der Waals surface area contributed by atoms with Crippen LogP contribution >= 0.6 is 11.8 Å². The number of thioether (sulfide) groups is 1. The van der Waals surface area contributed by atoms with Crippen molar-refractivity contribution in [3.8, 4) is 0 Å². The van der Waals surface area contributed by atoms with Gasteiger partial charge < -0.3 is 5.32 Å². The number of anilines is 1. The molecule has 0 aromatic heterocycles. The number of amides is 1. The van der Waals surface area contributed by atoms with Crippen LogP contribution in [0.2, 0.25) is 0 Å². The molecule has 0 aliphatic carbocycles. The molecule has 32 heavy (non-hydrogen) atoms. The number of sulfonamides is 1. The molecular formula is C24H25FN2O3S2. The van der Waals surface area contributed by atoms with Gasteiger partial charge in [0.2, 0.25) is 10.0 Å². The molecule has 8 heteroatoms. The fraction of sp³-hybridized carbons (Fsp3) is 0.208. The summed E-state index contributed by atoms with van der Waals surface area (Å²) in [6.45, 7) is 2.41. The van der Waals surface area contributed by atoms with Gasteiger partial charge in [0.15, 0.2) is 0 Å². The highest BCUT2D eigenvalue weighted by Crippen LogP contribution is 2.22. The van der Waals surface area contributed by atoms with Crippen molar-refractivity contribution >= 4 is 33.4 Å². The largest absolute Gasteiger partial charge is 0.351 e. The monoisotopic (exact) mass is 472 g/mol. The van der Waals surface area contributed by atoms with E-state index in [1.165, 1.54) is 11.6 Å². The first-order valence-electron chi connectivity index (χ1n) is 10.0. The second kappa shape index (κ2) is 10.7. The summed E-state index contributed by atoms with van der Waals surface area (Å²) in [5.74, 6) is 0.0268. The first-order valence-corrected chi connectivity index (χ1v) is 12.9. The molecule has 0 saturated heterocycles. The Bertz CT molecular complexity index is 1160. The molecule has 168 valence electrons. The Labute approximate surface area is 192 Å². The number of hydrogen-bond donors (Lipinski definition) is 1. The predicted octanol–water partition coefficient (Wildman–Crippen LogP) is 4.62. The zero-order chi connectivity index (χ0) is 23.1. The van der Waals surface area contributed by atoms with E-state index in [1.54, 1.807) is 54.2 Å². The lowest BCUT2D eigenvalue weighted by Gasteiger charge is -2.23. The molecule has 0 aliphatic rings. The first kappa shape index (κ1) is 23.8. The van der Waals surface area contributed by atoms with E-state index in [1.807, 2.05) is 6.92 Å². The van der Waals surface area contributed by atoms with Crippen molar-refractivity contribution in [3.05, 3.63) is 95.3 Å². The smallest absolute Gasteiger partial charge is 0.251 e. The van der Waals surface area contributed by atoms with Gasteiger partial charge in [-0.05, 0) is 49.4 Å². The molecule has 0 radical (unpaired) electrons. The summed E-state index contributed by atoms with van der Waals surface area (Å²) in [6, 6.07) is 20.5. The number of carbonyl (C=O) groups is 1. The summed E-state index contributed by atoms with van der Waals surface area (Å²) >= 11 is 1.66. The summed E-state index contributed by atoms with van der Waals surface area (Å²) in [7, 11) is -3.65. The standard InChI is InChI=1S/C24H25FN2O3S2/c1-18-7-13-22(14-8-18)31-16-15-26-24(28)19-9-11-21(12-10-19)27(32(2,29)30)17-20-5-3-4-6-23(20)25/h3-14H,15-17H2,1-2H3,(H,26,28). The molecule has 0 heterocycles. The van der Waals surface area contributed by atoms with Gasteiger partial charge in [0.25, 0.3) is 5.91 Å². The fourth-order valence-electron chi connectivity index (χ4n) is 3.03. The molecule has 0 atom stereocenters. The average Bonchev–Trinajstić information content (AvgIpc) is 2.76. The summed E-state index contributed by atoms with van der Waals surface area (Å²) < 4.78 is 39.7. The van der Waals surface area contributed by atoms with Crippen LogP contribution in [0.5, 0.6) is 0 Å². The van der Waals surface area contributed by atoms with Gasteiger partial charge in [-0.25, -0.2) is 12.8 Å². The zero-order valence-electron chi connectivity index (χ0n) is 17.9. The van der Waals surface area contributed by atoms with Crippen molar-refractivity contribution in [2.45, 2.75) is 18.4 Å². The van der Waals surface area contributed by atoms with Gasteiger partial charge in [-0.15, -0.1) is 11.8 Å². The number of nitrogens with zero attached hydrogens (tertiary/aromatic N) is 1. The molecule has 3 aromatic carbocycles. The minimum atomic E-state index is -3.65. The Hall–Kier alpha value is -2.84. The van der Waals surface area contributed by atoms with Gasteiger partial charge in [-0.2, -0.15) is 0 Å². The van der Waals surface area contributed by atoms with Crippen molar-refractivity contribution in [1.29, 1.82) is 0 Å². The molecule has 0 spiro atoms. The predicted molar refractivity (Wildman–Crippen MR) is 128 cm³/mol. The normalized spacial score (nSPS) is 11.2. The Kier molecular flexibility index (Phi) is 7.93. The number of halogens is 1. The second-order valence-electron chi connectivity index (χ2n) is 7.33. The highest BCUT2D eigenvalue weighted by Gasteiger charge is 2.20. The summed E-state index contributed by atoms with van der Waals surface area (Å²) in [4.78, 5) is 13.6. The maximum atomic E-state index is 14.0. The quantitative estimate of drug-likeness (QED) is 0.365. The van der Waals surface area contributed by atoms with Crippen LogP contribution in [0.15, 0.2) is 77.7 Å². The lowest BCUT2D eigenvalue weighted by molar-refractivity contribution is 0.0956. The van der Waals surface area contributed by atoms with Crippen LogP contribution in [-0.2, 0) is 16.6 Å². The summed E-state index contributed by atoms with van der Waals surface area (Å²) in [5, 5.41) is 2.87. The number of rotatable bonds is 9. The number of nitrogens with one attached hydrogen (secondary N) is 1. The van der Waals surface area contributed by atoms with Crippen molar-refractivity contribution in [2.24, 2.45) is 0 Å². The van der Waals surface area contributed by atoms with Crippen molar-refractivity contribution in [2.75, 3.05) is 22.9 Å². The number of hydrogen-bond acceptors (Lipinski definition) is 4. The SMILES string of the molecule is Cc1ccc(SCCNC(=O)c2ccc(N(Cc3ccccc3F)S(C)(=O)=O)cc2)cc1. The molecule has 1 N–H and O–H groups in total. The van der Waals surface area contributed by atoms with Gasteiger partial charge >= 0.3 is 0 Å². The molecule has 1 amide bonds. The molecule has 0 saturated carbocycles. The van der Waals surface area contributed by atoms with E-state index in [0.29, 0.717) is 17.8 Å². The maximum Gasteiger partial charge on any atom is 0.251 e. The third-order valence-electron chi connectivity index (χ3n) is 4.77. The molecular weight excluding hydrogens is 447 g/mol. The average molecular weight is 473 g/mol. The molecule has 0 bridgehead atoms. The van der Waals surface area contributed by atoms with Gasteiger partial charge in [0, 0.05) is 28.3 Å². The third-order valence-corrected chi connectivity index (χ3v) is 6.92. The van der Waals surface area contributed by atoms with E-state index >= 15 is 0 Å². The van der Waals surface area contributed by atoms with Gasteiger partial charge in [0.05, 0.1) is 18.5 Å². The number of aryl methyl sites for hydroxylation is 1. The van der Waals surface area contributed by atoms with Gasteiger partial charge in [-0.3, -0.25) is 9.10 Å². The van der Waals surface area contributed by atoms with Crippen LogP contribution in [0, 0.1) is 12.7 Å². The summed E-state index contributed by atoms with van der Waals surface area (Å²) in [6.07, 6.45) is 1.07. The van der Waals surface area contributed by atoms with Crippen molar-refractivity contribution < 1.29 is 17.6 Å². The Balaban J connectivity index is 1.61. The van der Waals surface area contributed by atoms with E-state index in [9.17, 15) is 17.6 Å². The van der Waals surface area contributed by atoms with Crippen LogP contribution in [0.3, 0.4) is 0 Å². The van der Waals surface area contributed by atoms with Gasteiger partial charge in [-0.1, -0.05) is 35.9 Å². The van der Waals surface area contributed by atoms with E-state index in [4.69, 9.17) is 0 Å². The minimum Gasteiger partial charge on any atom is -0.351 e. The lowest BCUT2D eigenvalue weighted by Crippen LogP contribution is -2.30. The first-order chi connectivity index (χ1) is 15.2. The van der Waals surface area contributed by atoms with Crippen molar-refractivity contribution in [1.82, 2.24) is 5.32 Å². The van der Waals surface area contributed by atoms with Crippen LogP contribution < -0.4 is 9.62 Å². The molecule has 3 rings (SSSR count). The van der Waals surface area contributed by atoms with E-state index in [2.05, 4.69) is 29.6 Å². The zero-order valence-corrected chi connectivity index (χ0v) is 19.5. The highest BCUT2D eigenvalue weighted by atomic mass is 32.2. The maximum absolute atomic E-state index is 14.0. The van der Waals surface area contributed by atoms with Crippen molar-refractivity contribution in [3.63, 3.8) is 0 Å². The molecule has 0 aliphatic heterocycles. The third kappa shape index (κ3) is 6.58. The van der Waals surface area contributed by atoms with Crippen LogP contribution in [0.25, 0.3) is 0 Å². The molecule has 3 aromatic rings. The highest BCUT2D eigenvalue weighted by molar-refractivity contribution is 7.99. The topological polar surface area (TPSA) is 66.5 Å². The Morgan fingerprint density at radius 2 is 1.66 bits per heavy atom. The molecule has 0 unspecified atom stereocenters. The summed E-state index contributed by atoms with van der Waals surface area (Å²) in [5.41, 5.74) is 2.26. The van der Waals surface area contributed by atoms with Gasteiger partial charge in [0.1, 0.15) is 5.82 Å². The Morgan fingerprint density at radius 1 is 1.00 bits per heavy atom. The second-order valence-corrected chi connectivity index (χ2v) is 10.4. The minimum absolute atomic E-state index is 0.132. The van der Waals surface area contributed by atoms with E-state index < -0.39 is 15.8 Å². The van der Waals surface area contributed by atoms with Crippen LogP contribution in [-0.4, -0.2) is 32.9 Å². The van der Waals surface area contributed by atoms with E-state index in [0.717, 1.165) is 21.2 Å². The number of benzene rings is 3. The molecule has 5 nitrogen and oxygen atoms in total. The number of carbonyl (C=O) groups excluding carboxylic acids is 1. The van der Waals surface area contributed by atoms with Crippen LogP contribution in [0.4, 0.5) is 10.1 Å². The Morgan fingerprint density at radius 3 is 2.28 bits per heavy atom. The van der Waals surface area contributed by atoms with E-state index in [-0.39, 0.29) is 18.0 Å². The van der Waals surface area contributed by atoms with Crippen LogP contribution in [0.1, 0.15) is 21.5 Å². The lowest BCUT2D eigenvalue weighted by atomic mass is 10.1. The fourth-order valence-corrected chi connectivity index (χ4v) is 4.68.